The predicted octanol–water partition coefficient (Wildman–Crippen LogP) is 2.81. The summed E-state index contributed by atoms with van der Waals surface area (Å²) in [5, 5.41) is 2.56. The maximum absolute atomic E-state index is 13.6. The molecule has 0 saturated heterocycles. The third kappa shape index (κ3) is 5.48. The fourth-order valence-electron chi connectivity index (χ4n) is 1.97. The van der Waals surface area contributed by atoms with Crippen LogP contribution in [0.1, 0.15) is 33.3 Å². The number of hydrogen-bond donors (Lipinski definition) is 1. The minimum absolute atomic E-state index is 0.0491. The smallest absolute Gasteiger partial charge is 0.232 e. The zero-order valence-electron chi connectivity index (χ0n) is 13.4. The second-order valence-corrected chi connectivity index (χ2v) is 7.64. The molecule has 0 saturated carbocycles. The zero-order chi connectivity index (χ0) is 16.9. The van der Waals surface area contributed by atoms with Crippen molar-refractivity contribution in [1.29, 1.82) is 0 Å². The molecule has 1 aromatic carbocycles. The van der Waals surface area contributed by atoms with Crippen molar-refractivity contribution in [3.05, 3.63) is 35.4 Å². The number of amides is 1. The van der Waals surface area contributed by atoms with Crippen molar-refractivity contribution in [2.45, 2.75) is 45.4 Å². The molecule has 124 valence electrons. The number of nitrogens with one attached hydrogen (secondary N) is 1. The lowest BCUT2D eigenvalue weighted by Gasteiger charge is -2.17. The lowest BCUT2D eigenvalue weighted by Crippen LogP contribution is -2.38. The zero-order valence-corrected chi connectivity index (χ0v) is 14.2. The minimum Gasteiger partial charge on any atom is -0.353 e. The van der Waals surface area contributed by atoms with Crippen LogP contribution in [0.2, 0.25) is 0 Å². The molecule has 0 spiro atoms. The molecule has 0 aliphatic heterocycles. The average Bonchev–Trinajstić information content (AvgIpc) is 2.41. The highest BCUT2D eigenvalue weighted by Gasteiger charge is 2.20. The van der Waals surface area contributed by atoms with Crippen molar-refractivity contribution in [3.8, 4) is 0 Å². The van der Waals surface area contributed by atoms with Crippen LogP contribution >= 0.6 is 0 Å². The van der Waals surface area contributed by atoms with E-state index in [1.54, 1.807) is 6.92 Å². The summed E-state index contributed by atoms with van der Waals surface area (Å²) in [7, 11) is -1.26. The molecule has 0 aliphatic rings. The first-order valence-electron chi connectivity index (χ1n) is 7.31. The van der Waals surface area contributed by atoms with Crippen molar-refractivity contribution in [2.75, 3.05) is 5.75 Å². The first kappa shape index (κ1) is 18.7. The number of carbonyl (C=O) groups is 1. The molecule has 0 unspecified atom stereocenters. The summed E-state index contributed by atoms with van der Waals surface area (Å²) in [6.07, 6.45) is 0.0522. The summed E-state index contributed by atoms with van der Waals surface area (Å²) in [6, 6.07) is 3.23. The summed E-state index contributed by atoms with van der Waals surface area (Å²) in [4.78, 5) is 11.9. The Labute approximate surface area is 132 Å². The van der Waals surface area contributed by atoms with E-state index < -0.39 is 28.5 Å². The maximum atomic E-state index is 13.6. The van der Waals surface area contributed by atoms with Crippen LogP contribution in [-0.4, -0.2) is 27.2 Å². The van der Waals surface area contributed by atoms with Crippen molar-refractivity contribution in [2.24, 2.45) is 5.92 Å². The Kier molecular flexibility index (Phi) is 7.13. The summed E-state index contributed by atoms with van der Waals surface area (Å²) >= 11 is 0. The Morgan fingerprint density at radius 2 is 1.73 bits per heavy atom. The van der Waals surface area contributed by atoms with Gasteiger partial charge in [-0.2, -0.15) is 0 Å². The fourth-order valence-corrected chi connectivity index (χ4v) is 3.18. The molecule has 0 heterocycles. The Hall–Kier alpha value is -1.30. The third-order valence-corrected chi connectivity index (χ3v) is 5.53. The first-order valence-corrected chi connectivity index (χ1v) is 8.70. The van der Waals surface area contributed by atoms with Gasteiger partial charge < -0.3 is 5.32 Å². The van der Waals surface area contributed by atoms with Crippen LogP contribution in [-0.2, 0) is 22.0 Å². The summed E-state index contributed by atoms with van der Waals surface area (Å²) in [5.41, 5.74) is -0.0491. The van der Waals surface area contributed by atoms with Crippen LogP contribution in [0.15, 0.2) is 18.2 Å². The Bertz CT molecular complexity index is 529. The van der Waals surface area contributed by atoms with Crippen molar-refractivity contribution in [3.63, 3.8) is 0 Å². The van der Waals surface area contributed by atoms with E-state index in [4.69, 9.17) is 0 Å². The van der Waals surface area contributed by atoms with Gasteiger partial charge in [0.25, 0.3) is 0 Å². The normalized spacial score (nSPS) is 15.4. The lowest BCUT2D eigenvalue weighted by molar-refractivity contribution is -0.119. The predicted molar refractivity (Wildman–Crippen MR) is 85.0 cm³/mol. The van der Waals surface area contributed by atoms with Crippen LogP contribution in [0.3, 0.4) is 0 Å². The average molecular weight is 331 g/mol. The third-order valence-electron chi connectivity index (χ3n) is 3.61. The summed E-state index contributed by atoms with van der Waals surface area (Å²) in [5.74, 6) is -1.49. The quantitative estimate of drug-likeness (QED) is 0.835. The molecule has 22 heavy (non-hydrogen) atoms. The molecule has 1 N–H and O–H groups in total. The molecule has 1 rings (SSSR count). The van der Waals surface area contributed by atoms with Gasteiger partial charge in [-0.15, -0.1) is 0 Å². The molecule has 0 aliphatic carbocycles. The second-order valence-electron chi connectivity index (χ2n) is 5.85. The highest BCUT2D eigenvalue weighted by Crippen LogP contribution is 2.14. The van der Waals surface area contributed by atoms with Gasteiger partial charge in [0.15, 0.2) is 0 Å². The van der Waals surface area contributed by atoms with Crippen molar-refractivity contribution in [1.82, 2.24) is 5.32 Å². The van der Waals surface area contributed by atoms with Gasteiger partial charge in [-0.1, -0.05) is 26.8 Å². The van der Waals surface area contributed by atoms with Gasteiger partial charge in [0.1, 0.15) is 17.4 Å². The Morgan fingerprint density at radius 3 is 2.23 bits per heavy atom. The van der Waals surface area contributed by atoms with Gasteiger partial charge >= 0.3 is 0 Å². The number of benzene rings is 1. The standard InChI is InChI=1S/C16H23F2NO2S/c1-10(2)12(4)22(21)9-16(20)19-11(3)8-13-14(17)6-5-7-15(13)18/h5-7,10-12H,8-9H2,1-4H3,(H,19,20)/t11-,12+,22-/m1/s1. The van der Waals surface area contributed by atoms with Crippen LogP contribution in [0.4, 0.5) is 8.78 Å². The van der Waals surface area contributed by atoms with Gasteiger partial charge in [-0.3, -0.25) is 9.00 Å². The van der Waals surface area contributed by atoms with E-state index in [1.165, 1.54) is 18.2 Å². The minimum atomic E-state index is -1.26. The van der Waals surface area contributed by atoms with E-state index >= 15 is 0 Å². The van der Waals surface area contributed by atoms with E-state index in [0.717, 1.165) is 0 Å². The number of rotatable bonds is 7. The summed E-state index contributed by atoms with van der Waals surface area (Å²) in [6.45, 7) is 7.40. The number of halogens is 2. The topological polar surface area (TPSA) is 46.2 Å². The van der Waals surface area contributed by atoms with Crippen LogP contribution in [0.25, 0.3) is 0 Å². The molecular weight excluding hydrogens is 308 g/mol. The lowest BCUT2D eigenvalue weighted by atomic mass is 10.1. The molecule has 6 heteroatoms. The second kappa shape index (κ2) is 8.36. The van der Waals surface area contributed by atoms with E-state index in [1.807, 2.05) is 20.8 Å². The van der Waals surface area contributed by atoms with Gasteiger partial charge in [-0.25, -0.2) is 8.78 Å². The molecule has 1 amide bonds. The molecule has 1 aromatic rings. The highest BCUT2D eigenvalue weighted by atomic mass is 32.2. The molecule has 0 fully saturated rings. The fraction of sp³-hybridized carbons (Fsp3) is 0.562. The van der Waals surface area contributed by atoms with Crippen molar-refractivity contribution >= 4 is 16.7 Å². The van der Waals surface area contributed by atoms with E-state index in [2.05, 4.69) is 5.32 Å². The SMILES string of the molecule is CC(C)[C@H](C)[S@](=O)CC(=O)N[C@H](C)Cc1c(F)cccc1F. The number of hydrogen-bond acceptors (Lipinski definition) is 2. The maximum Gasteiger partial charge on any atom is 0.232 e. The van der Waals surface area contributed by atoms with Gasteiger partial charge in [-0.05, 0) is 31.4 Å². The Morgan fingerprint density at radius 1 is 1.18 bits per heavy atom. The van der Waals surface area contributed by atoms with E-state index in [9.17, 15) is 17.8 Å². The van der Waals surface area contributed by atoms with Gasteiger partial charge in [0, 0.05) is 27.7 Å². The van der Waals surface area contributed by atoms with Gasteiger partial charge in [0.2, 0.25) is 5.91 Å². The molecule has 0 radical (unpaired) electrons. The van der Waals surface area contributed by atoms with Crippen molar-refractivity contribution < 1.29 is 17.8 Å². The molecule has 3 nitrogen and oxygen atoms in total. The van der Waals surface area contributed by atoms with E-state index in [0.29, 0.717) is 0 Å². The first-order chi connectivity index (χ1) is 10.2. The van der Waals surface area contributed by atoms with Gasteiger partial charge in [0.05, 0.1) is 0 Å². The molecular formula is C16H23F2NO2S. The monoisotopic (exact) mass is 331 g/mol. The molecule has 3 atom stereocenters. The summed E-state index contributed by atoms with van der Waals surface area (Å²) < 4.78 is 39.1. The molecule has 0 bridgehead atoms. The van der Waals surface area contributed by atoms with Crippen LogP contribution in [0, 0.1) is 17.6 Å². The highest BCUT2D eigenvalue weighted by molar-refractivity contribution is 7.86. The van der Waals surface area contributed by atoms with Crippen LogP contribution < -0.4 is 5.32 Å². The van der Waals surface area contributed by atoms with Crippen LogP contribution in [0.5, 0.6) is 0 Å². The van der Waals surface area contributed by atoms with E-state index in [-0.39, 0.29) is 34.8 Å². The molecule has 0 aromatic heterocycles. The Balaban J connectivity index is 2.56. The largest absolute Gasteiger partial charge is 0.353 e. The number of carbonyl (C=O) groups excluding carboxylic acids is 1.